The third kappa shape index (κ3) is 7.12. The van der Waals surface area contributed by atoms with Gasteiger partial charge in [-0.1, -0.05) is 43.2 Å². The molecule has 1 aromatic rings. The number of carbonyl (C=O) groups excluding carboxylic acids is 1. The van der Waals surface area contributed by atoms with Crippen molar-refractivity contribution >= 4 is 5.78 Å². The second kappa shape index (κ2) is 8.87. The summed E-state index contributed by atoms with van der Waals surface area (Å²) in [5, 5.41) is 9.97. The number of benzene rings is 1. The minimum Gasteiger partial charge on any atom is -0.393 e. The van der Waals surface area contributed by atoms with Crippen LogP contribution in [0.25, 0.3) is 0 Å². The second-order valence-electron chi connectivity index (χ2n) is 5.38. The highest BCUT2D eigenvalue weighted by molar-refractivity contribution is 5.78. The Morgan fingerprint density at radius 2 is 2.00 bits per heavy atom. The van der Waals surface area contributed by atoms with Gasteiger partial charge in [-0.2, -0.15) is 0 Å². The third-order valence-corrected chi connectivity index (χ3v) is 3.36. The van der Waals surface area contributed by atoms with Crippen LogP contribution in [0.4, 0.5) is 0 Å². The topological polar surface area (TPSA) is 37.3 Å². The summed E-state index contributed by atoms with van der Waals surface area (Å²) in [6, 6.07) is 8.23. The Kier molecular flexibility index (Phi) is 7.42. The first-order chi connectivity index (χ1) is 9.11. The standard InChI is InChI=1S/C17H26O2/c1-3-4-9-16(18)10-6-11-17(19)13-15-8-5-7-14(2)12-15/h5,7-8,12,17,19H,3-4,6,9-11,13H2,1-2H3. The molecule has 0 saturated heterocycles. The van der Waals surface area contributed by atoms with Crippen molar-refractivity contribution in [3.05, 3.63) is 35.4 Å². The maximum Gasteiger partial charge on any atom is 0.132 e. The van der Waals surface area contributed by atoms with E-state index in [1.54, 1.807) is 0 Å². The summed E-state index contributed by atoms with van der Waals surface area (Å²) in [5.74, 6) is 0.338. The molecule has 0 amide bonds. The third-order valence-electron chi connectivity index (χ3n) is 3.36. The van der Waals surface area contributed by atoms with Gasteiger partial charge in [-0.05, 0) is 38.2 Å². The van der Waals surface area contributed by atoms with E-state index in [0.29, 0.717) is 31.5 Å². The lowest BCUT2D eigenvalue weighted by atomic mass is 10.0. The Morgan fingerprint density at radius 3 is 2.68 bits per heavy atom. The van der Waals surface area contributed by atoms with Crippen LogP contribution >= 0.6 is 0 Å². The molecule has 0 aliphatic rings. The molecule has 2 heteroatoms. The molecule has 1 N–H and O–H groups in total. The van der Waals surface area contributed by atoms with Crippen LogP contribution in [-0.4, -0.2) is 17.0 Å². The first-order valence-corrected chi connectivity index (χ1v) is 7.37. The number of ketones is 1. The largest absolute Gasteiger partial charge is 0.393 e. The number of hydrogen-bond donors (Lipinski definition) is 1. The predicted octanol–water partition coefficient (Wildman–Crippen LogP) is 3.83. The Balaban J connectivity index is 2.21. The minimum absolute atomic E-state index is 0.333. The Morgan fingerprint density at radius 1 is 1.26 bits per heavy atom. The van der Waals surface area contributed by atoms with Gasteiger partial charge in [0.1, 0.15) is 5.78 Å². The van der Waals surface area contributed by atoms with Crippen molar-refractivity contribution < 1.29 is 9.90 Å². The van der Waals surface area contributed by atoms with Crippen LogP contribution in [0.1, 0.15) is 56.6 Å². The number of unbranched alkanes of at least 4 members (excludes halogenated alkanes) is 1. The number of aryl methyl sites for hydroxylation is 1. The van der Waals surface area contributed by atoms with Crippen LogP contribution in [0.15, 0.2) is 24.3 Å². The van der Waals surface area contributed by atoms with Gasteiger partial charge in [0.15, 0.2) is 0 Å². The highest BCUT2D eigenvalue weighted by Crippen LogP contribution is 2.11. The van der Waals surface area contributed by atoms with Gasteiger partial charge in [-0.15, -0.1) is 0 Å². The van der Waals surface area contributed by atoms with E-state index in [2.05, 4.69) is 26.0 Å². The van der Waals surface area contributed by atoms with Crippen molar-refractivity contribution in [2.75, 3.05) is 0 Å². The molecule has 0 saturated carbocycles. The van der Waals surface area contributed by atoms with Gasteiger partial charge >= 0.3 is 0 Å². The van der Waals surface area contributed by atoms with E-state index in [4.69, 9.17) is 0 Å². The molecule has 19 heavy (non-hydrogen) atoms. The zero-order chi connectivity index (χ0) is 14.1. The molecule has 0 fully saturated rings. The van der Waals surface area contributed by atoms with Crippen LogP contribution in [0.2, 0.25) is 0 Å². The lowest BCUT2D eigenvalue weighted by Gasteiger charge is -2.10. The average Bonchev–Trinajstić information content (AvgIpc) is 2.36. The van der Waals surface area contributed by atoms with Crippen molar-refractivity contribution in [1.29, 1.82) is 0 Å². The van der Waals surface area contributed by atoms with E-state index in [1.807, 2.05) is 12.1 Å². The normalized spacial score (nSPS) is 12.4. The second-order valence-corrected chi connectivity index (χ2v) is 5.38. The number of aliphatic hydroxyl groups is 1. The first-order valence-electron chi connectivity index (χ1n) is 7.37. The quantitative estimate of drug-likeness (QED) is 0.734. The molecule has 1 aromatic carbocycles. The molecule has 1 unspecified atom stereocenters. The molecule has 2 nitrogen and oxygen atoms in total. The summed E-state index contributed by atoms with van der Waals surface area (Å²) >= 11 is 0. The number of aliphatic hydroxyl groups excluding tert-OH is 1. The van der Waals surface area contributed by atoms with Gasteiger partial charge in [0.05, 0.1) is 6.10 Å². The summed E-state index contributed by atoms with van der Waals surface area (Å²) in [4.78, 5) is 11.5. The van der Waals surface area contributed by atoms with Gasteiger partial charge in [0, 0.05) is 12.8 Å². The fourth-order valence-electron chi connectivity index (χ4n) is 2.25. The number of Topliss-reactive ketones (excluding diaryl/α,β-unsaturated/α-hetero) is 1. The molecule has 0 bridgehead atoms. The molecule has 1 rings (SSSR count). The maximum atomic E-state index is 11.5. The highest BCUT2D eigenvalue weighted by atomic mass is 16.3. The Hall–Kier alpha value is -1.15. The maximum absolute atomic E-state index is 11.5. The van der Waals surface area contributed by atoms with Gasteiger partial charge < -0.3 is 5.11 Å². The van der Waals surface area contributed by atoms with E-state index in [1.165, 1.54) is 11.1 Å². The summed E-state index contributed by atoms with van der Waals surface area (Å²) in [6.07, 6.45) is 5.24. The van der Waals surface area contributed by atoms with E-state index >= 15 is 0 Å². The highest BCUT2D eigenvalue weighted by Gasteiger charge is 2.07. The van der Waals surface area contributed by atoms with Crippen molar-refractivity contribution in [3.8, 4) is 0 Å². The summed E-state index contributed by atoms with van der Waals surface area (Å²) in [6.45, 7) is 4.15. The van der Waals surface area contributed by atoms with Crippen molar-refractivity contribution in [2.24, 2.45) is 0 Å². The predicted molar refractivity (Wildman–Crippen MR) is 79.3 cm³/mol. The molecular weight excluding hydrogens is 236 g/mol. The van der Waals surface area contributed by atoms with E-state index < -0.39 is 0 Å². The average molecular weight is 262 g/mol. The monoisotopic (exact) mass is 262 g/mol. The lowest BCUT2D eigenvalue weighted by Crippen LogP contribution is -2.11. The Bertz CT molecular complexity index is 385. The van der Waals surface area contributed by atoms with E-state index in [0.717, 1.165) is 19.3 Å². The lowest BCUT2D eigenvalue weighted by molar-refractivity contribution is -0.119. The van der Waals surface area contributed by atoms with E-state index in [-0.39, 0.29) is 6.10 Å². The van der Waals surface area contributed by atoms with Crippen molar-refractivity contribution in [1.82, 2.24) is 0 Å². The molecule has 0 spiro atoms. The minimum atomic E-state index is -0.333. The zero-order valence-corrected chi connectivity index (χ0v) is 12.2. The van der Waals surface area contributed by atoms with Crippen LogP contribution in [0.5, 0.6) is 0 Å². The fraction of sp³-hybridized carbons (Fsp3) is 0.588. The first kappa shape index (κ1) is 15.9. The van der Waals surface area contributed by atoms with E-state index in [9.17, 15) is 9.90 Å². The van der Waals surface area contributed by atoms with Gasteiger partial charge in [-0.25, -0.2) is 0 Å². The molecule has 0 aromatic heterocycles. The van der Waals surface area contributed by atoms with Crippen LogP contribution in [0, 0.1) is 6.92 Å². The molecule has 0 heterocycles. The van der Waals surface area contributed by atoms with Gasteiger partial charge in [0.25, 0.3) is 0 Å². The molecular formula is C17H26O2. The Labute approximate surface area is 116 Å². The molecule has 0 aliphatic heterocycles. The van der Waals surface area contributed by atoms with Crippen LogP contribution in [-0.2, 0) is 11.2 Å². The zero-order valence-electron chi connectivity index (χ0n) is 12.2. The summed E-state index contributed by atoms with van der Waals surface area (Å²) in [5.41, 5.74) is 2.39. The number of carbonyl (C=O) groups is 1. The smallest absolute Gasteiger partial charge is 0.132 e. The molecule has 1 atom stereocenters. The summed E-state index contributed by atoms with van der Waals surface area (Å²) < 4.78 is 0. The van der Waals surface area contributed by atoms with Crippen molar-refractivity contribution in [3.63, 3.8) is 0 Å². The molecule has 0 aliphatic carbocycles. The van der Waals surface area contributed by atoms with Gasteiger partial charge in [0.2, 0.25) is 0 Å². The van der Waals surface area contributed by atoms with Gasteiger partial charge in [-0.3, -0.25) is 4.79 Å². The summed E-state index contributed by atoms with van der Waals surface area (Å²) in [7, 11) is 0. The van der Waals surface area contributed by atoms with Crippen molar-refractivity contribution in [2.45, 2.75) is 64.9 Å². The molecule has 106 valence electrons. The number of rotatable bonds is 9. The number of hydrogen-bond acceptors (Lipinski definition) is 2. The SMILES string of the molecule is CCCCC(=O)CCCC(O)Cc1cccc(C)c1. The fourth-order valence-corrected chi connectivity index (χ4v) is 2.25. The van der Waals surface area contributed by atoms with Crippen LogP contribution in [0.3, 0.4) is 0 Å². The van der Waals surface area contributed by atoms with Crippen LogP contribution < -0.4 is 0 Å². The molecule has 0 radical (unpaired) electrons.